The minimum absolute atomic E-state index is 0.0711. The first-order valence-corrected chi connectivity index (χ1v) is 9.70. The molecule has 0 aliphatic heterocycles. The summed E-state index contributed by atoms with van der Waals surface area (Å²) >= 11 is 1.11. The number of esters is 1. The normalized spacial score (nSPS) is 10.5. The monoisotopic (exact) mass is 403 g/mol. The lowest BCUT2D eigenvalue weighted by molar-refractivity contribution is 0.0599. The fraction of sp³-hybridized carbons (Fsp3) is 0.350. The van der Waals surface area contributed by atoms with Gasteiger partial charge >= 0.3 is 5.97 Å². The van der Waals surface area contributed by atoms with Crippen molar-refractivity contribution in [1.29, 1.82) is 0 Å². The van der Waals surface area contributed by atoms with E-state index in [4.69, 9.17) is 4.74 Å². The van der Waals surface area contributed by atoms with Gasteiger partial charge in [0.2, 0.25) is 0 Å². The van der Waals surface area contributed by atoms with Crippen molar-refractivity contribution in [3.8, 4) is 0 Å². The lowest BCUT2D eigenvalue weighted by atomic mass is 10.0. The third-order valence-corrected chi connectivity index (χ3v) is 5.14. The Kier molecular flexibility index (Phi) is 7.28. The van der Waals surface area contributed by atoms with E-state index in [0.717, 1.165) is 23.1 Å². The van der Waals surface area contributed by atoms with Crippen LogP contribution in [0.4, 0.5) is 10.5 Å². The van der Waals surface area contributed by atoms with Crippen molar-refractivity contribution in [2.45, 2.75) is 31.6 Å². The van der Waals surface area contributed by atoms with Crippen LogP contribution in [0.1, 0.15) is 45.4 Å². The molecule has 8 heteroatoms. The number of carbonyl (C=O) groups excluding carboxylic acids is 3. The molecule has 0 atom stereocenters. The van der Waals surface area contributed by atoms with Crippen LogP contribution in [0.25, 0.3) is 0 Å². The molecule has 2 rings (SSSR count). The van der Waals surface area contributed by atoms with Crippen molar-refractivity contribution in [3.05, 3.63) is 46.8 Å². The second-order valence-electron chi connectivity index (χ2n) is 6.46. The highest BCUT2D eigenvalue weighted by Crippen LogP contribution is 2.25. The Bertz CT molecular complexity index is 872. The zero-order valence-electron chi connectivity index (χ0n) is 16.7. The number of nitrogens with one attached hydrogen (secondary N) is 2. The first kappa shape index (κ1) is 21.6. The van der Waals surface area contributed by atoms with E-state index in [1.165, 1.54) is 12.0 Å². The molecule has 0 aliphatic rings. The van der Waals surface area contributed by atoms with E-state index in [0.29, 0.717) is 34.6 Å². The topological polar surface area (TPSA) is 91.5 Å². The number of thioether (sulfide) groups is 1. The van der Waals surface area contributed by atoms with Gasteiger partial charge in [-0.15, -0.1) is 0 Å². The van der Waals surface area contributed by atoms with Gasteiger partial charge < -0.3 is 19.9 Å². The Morgan fingerprint density at radius 1 is 1.18 bits per heavy atom. The van der Waals surface area contributed by atoms with E-state index in [2.05, 4.69) is 10.3 Å². The Morgan fingerprint density at radius 2 is 1.82 bits per heavy atom. The van der Waals surface area contributed by atoms with Crippen LogP contribution in [0.2, 0.25) is 0 Å². The Hall–Kier alpha value is -2.74. The maximum absolute atomic E-state index is 12.8. The number of hydrogen-bond donors (Lipinski definition) is 2. The van der Waals surface area contributed by atoms with E-state index < -0.39 is 5.97 Å². The summed E-state index contributed by atoms with van der Waals surface area (Å²) in [7, 11) is 4.71. The minimum atomic E-state index is -0.455. The van der Waals surface area contributed by atoms with Crippen molar-refractivity contribution in [2.24, 2.45) is 0 Å². The van der Waals surface area contributed by atoms with Crippen LogP contribution in [-0.2, 0) is 11.2 Å². The molecule has 0 aliphatic carbocycles. The van der Waals surface area contributed by atoms with Crippen molar-refractivity contribution < 1.29 is 19.1 Å². The summed E-state index contributed by atoms with van der Waals surface area (Å²) in [6.45, 7) is 3.73. The number of aromatic amines is 1. The number of benzene rings is 1. The lowest BCUT2D eigenvalue weighted by Gasteiger charge is -2.10. The van der Waals surface area contributed by atoms with Gasteiger partial charge in [0, 0.05) is 30.4 Å². The number of anilines is 1. The van der Waals surface area contributed by atoms with Gasteiger partial charge in [0.1, 0.15) is 5.69 Å². The Balaban J connectivity index is 2.21. The Morgan fingerprint density at radius 3 is 2.36 bits per heavy atom. The summed E-state index contributed by atoms with van der Waals surface area (Å²) in [6.07, 6.45) is 1.37. The third kappa shape index (κ3) is 4.95. The molecule has 0 spiro atoms. The van der Waals surface area contributed by atoms with Crippen LogP contribution >= 0.6 is 11.8 Å². The van der Waals surface area contributed by atoms with Crippen LogP contribution in [0.15, 0.2) is 29.2 Å². The largest absolute Gasteiger partial charge is 0.465 e. The molecule has 1 aromatic heterocycles. The van der Waals surface area contributed by atoms with Crippen LogP contribution in [-0.4, -0.2) is 48.2 Å². The summed E-state index contributed by atoms with van der Waals surface area (Å²) in [4.78, 5) is 41.9. The summed E-state index contributed by atoms with van der Waals surface area (Å²) in [5, 5.41) is 2.76. The van der Waals surface area contributed by atoms with E-state index in [9.17, 15) is 14.4 Å². The van der Waals surface area contributed by atoms with Crippen molar-refractivity contribution >= 4 is 34.6 Å². The average molecular weight is 404 g/mol. The molecular weight excluding hydrogens is 378 g/mol. The molecule has 7 nitrogen and oxygen atoms in total. The molecule has 2 aromatic rings. The van der Waals surface area contributed by atoms with Gasteiger partial charge in [0.05, 0.1) is 12.7 Å². The number of rotatable bonds is 6. The van der Waals surface area contributed by atoms with Crippen LogP contribution in [0.3, 0.4) is 0 Å². The quantitative estimate of drug-likeness (QED) is 0.560. The van der Waals surface area contributed by atoms with Crippen LogP contribution in [0, 0.1) is 6.92 Å². The molecule has 0 radical (unpaired) electrons. The molecule has 2 amide bonds. The van der Waals surface area contributed by atoms with Crippen molar-refractivity contribution in [2.75, 3.05) is 26.5 Å². The van der Waals surface area contributed by atoms with Gasteiger partial charge in [-0.3, -0.25) is 9.59 Å². The fourth-order valence-corrected chi connectivity index (χ4v) is 3.40. The van der Waals surface area contributed by atoms with E-state index in [1.54, 1.807) is 45.3 Å². The van der Waals surface area contributed by atoms with Gasteiger partial charge in [-0.05, 0) is 54.9 Å². The minimum Gasteiger partial charge on any atom is -0.465 e. The second-order valence-corrected chi connectivity index (χ2v) is 7.49. The predicted octanol–water partition coefficient (Wildman–Crippen LogP) is 4.09. The highest BCUT2D eigenvalue weighted by molar-refractivity contribution is 8.13. The molecule has 28 heavy (non-hydrogen) atoms. The molecule has 1 heterocycles. The highest BCUT2D eigenvalue weighted by atomic mass is 32.2. The smallest absolute Gasteiger partial charge is 0.339 e. The first-order chi connectivity index (χ1) is 13.3. The van der Waals surface area contributed by atoms with Gasteiger partial charge in [-0.2, -0.15) is 0 Å². The zero-order valence-corrected chi connectivity index (χ0v) is 17.5. The van der Waals surface area contributed by atoms with Crippen molar-refractivity contribution in [1.82, 2.24) is 9.88 Å². The summed E-state index contributed by atoms with van der Waals surface area (Å²) in [6, 6.07) is 7.02. The molecule has 0 bridgehead atoms. The predicted molar refractivity (Wildman–Crippen MR) is 110 cm³/mol. The molecular formula is C20H25N3O4S. The van der Waals surface area contributed by atoms with Crippen LogP contribution in [0.5, 0.6) is 0 Å². The molecule has 0 unspecified atom stereocenters. The highest BCUT2D eigenvalue weighted by Gasteiger charge is 2.24. The second kappa shape index (κ2) is 9.45. The average Bonchev–Trinajstić information content (AvgIpc) is 2.99. The lowest BCUT2D eigenvalue weighted by Crippen LogP contribution is -2.16. The van der Waals surface area contributed by atoms with Gasteiger partial charge in [0.15, 0.2) is 0 Å². The maximum atomic E-state index is 12.8. The number of hydrogen-bond acceptors (Lipinski definition) is 5. The van der Waals surface area contributed by atoms with Gasteiger partial charge in [-0.25, -0.2) is 4.79 Å². The van der Waals surface area contributed by atoms with E-state index in [-0.39, 0.29) is 11.1 Å². The SMILES string of the molecule is CCCc1c(C(=O)Nc2ccc(SC(=O)N(C)C)cc2)[nH]c(C)c1C(=O)OC. The molecule has 0 fully saturated rings. The standard InChI is InChI=1S/C20H25N3O4S/c1-6-7-15-16(19(25)27-5)12(2)21-17(15)18(24)22-13-8-10-14(11-9-13)28-20(26)23(3)4/h8-11,21H,6-7H2,1-5H3,(H,22,24). The molecule has 1 aromatic carbocycles. The number of methoxy groups -OCH3 is 1. The van der Waals surface area contributed by atoms with E-state index in [1.807, 2.05) is 6.92 Å². The first-order valence-electron chi connectivity index (χ1n) is 8.88. The summed E-state index contributed by atoms with van der Waals surface area (Å²) in [5.41, 5.74) is 2.65. The molecule has 2 N–H and O–H groups in total. The summed E-state index contributed by atoms with van der Waals surface area (Å²) in [5.74, 6) is -0.783. The zero-order chi connectivity index (χ0) is 20.8. The van der Waals surface area contributed by atoms with E-state index >= 15 is 0 Å². The number of amides is 2. The summed E-state index contributed by atoms with van der Waals surface area (Å²) < 4.78 is 4.85. The van der Waals surface area contributed by atoms with Gasteiger partial charge in [-0.1, -0.05) is 13.3 Å². The third-order valence-electron chi connectivity index (χ3n) is 4.09. The number of carbonyl (C=O) groups is 3. The molecule has 0 saturated heterocycles. The van der Waals surface area contributed by atoms with Crippen molar-refractivity contribution in [3.63, 3.8) is 0 Å². The number of aryl methyl sites for hydroxylation is 1. The molecule has 0 saturated carbocycles. The fourth-order valence-electron chi connectivity index (χ4n) is 2.74. The van der Waals surface area contributed by atoms with Crippen LogP contribution < -0.4 is 5.32 Å². The van der Waals surface area contributed by atoms with Gasteiger partial charge in [0.25, 0.3) is 11.1 Å². The molecule has 150 valence electrons. The maximum Gasteiger partial charge on any atom is 0.339 e. The number of H-pyrrole nitrogens is 1. The number of ether oxygens (including phenoxy) is 1. The number of nitrogens with zero attached hydrogens (tertiary/aromatic N) is 1. The number of aromatic nitrogens is 1. The Labute approximate surface area is 168 Å².